The molecule has 13 heavy (non-hydrogen) atoms. The molecule has 0 aliphatic carbocycles. The van der Waals surface area contributed by atoms with Crippen LogP contribution >= 0.6 is 0 Å². The predicted octanol–water partition coefficient (Wildman–Crippen LogP) is -0.149. The van der Waals surface area contributed by atoms with Gasteiger partial charge in [0.25, 0.3) is 0 Å². The van der Waals surface area contributed by atoms with Crippen LogP contribution < -0.4 is 5.73 Å². The van der Waals surface area contributed by atoms with Crippen LogP contribution in [0.5, 0.6) is 0 Å². The molecule has 2 heterocycles. The van der Waals surface area contributed by atoms with Gasteiger partial charge < -0.3 is 15.0 Å². The van der Waals surface area contributed by atoms with Crippen molar-refractivity contribution in [1.29, 1.82) is 0 Å². The van der Waals surface area contributed by atoms with E-state index >= 15 is 0 Å². The van der Waals surface area contributed by atoms with Crippen molar-refractivity contribution < 1.29 is 4.74 Å². The molecule has 0 radical (unpaired) electrons. The van der Waals surface area contributed by atoms with Gasteiger partial charge in [-0.1, -0.05) is 0 Å². The van der Waals surface area contributed by atoms with Gasteiger partial charge in [-0.15, -0.1) is 10.2 Å². The van der Waals surface area contributed by atoms with E-state index in [1.54, 1.807) is 6.33 Å². The van der Waals surface area contributed by atoms with E-state index in [-0.39, 0.29) is 6.04 Å². The maximum absolute atomic E-state index is 6.04. The van der Waals surface area contributed by atoms with E-state index in [2.05, 4.69) is 10.2 Å². The number of hydrogen-bond donors (Lipinski definition) is 1. The average molecular weight is 182 g/mol. The Bertz CT molecular complexity index is 279. The molecule has 1 aromatic heterocycles. The van der Waals surface area contributed by atoms with Crippen LogP contribution in [0, 0.1) is 5.92 Å². The van der Waals surface area contributed by atoms with Gasteiger partial charge in [0.05, 0.1) is 12.6 Å². The van der Waals surface area contributed by atoms with Gasteiger partial charge in [0.1, 0.15) is 12.2 Å². The monoisotopic (exact) mass is 182 g/mol. The summed E-state index contributed by atoms with van der Waals surface area (Å²) in [6.45, 7) is 1.56. The van der Waals surface area contributed by atoms with Crippen molar-refractivity contribution in [1.82, 2.24) is 14.8 Å². The normalized spacial score (nSPS) is 24.9. The molecule has 1 fully saturated rings. The number of rotatable bonds is 2. The Morgan fingerprint density at radius 1 is 1.77 bits per heavy atom. The van der Waals surface area contributed by atoms with Crippen LogP contribution in [-0.2, 0) is 11.8 Å². The fourth-order valence-electron chi connectivity index (χ4n) is 1.64. The third-order valence-electron chi connectivity index (χ3n) is 2.52. The Kier molecular flexibility index (Phi) is 2.28. The molecule has 72 valence electrons. The number of nitrogens with two attached hydrogens (primary N) is 1. The summed E-state index contributed by atoms with van der Waals surface area (Å²) in [6, 6.07) is -0.0463. The molecule has 0 bridgehead atoms. The summed E-state index contributed by atoms with van der Waals surface area (Å²) in [5.74, 6) is 1.23. The minimum Gasteiger partial charge on any atom is -0.381 e. The average Bonchev–Trinajstić information content (AvgIpc) is 2.72. The highest BCUT2D eigenvalue weighted by Gasteiger charge is 2.26. The SMILES string of the molecule is Cn1cnnc1C(N)C1CCOC1. The topological polar surface area (TPSA) is 66.0 Å². The first-order valence-electron chi connectivity index (χ1n) is 4.46. The molecule has 1 aliphatic heterocycles. The number of aryl methyl sites for hydroxylation is 1. The lowest BCUT2D eigenvalue weighted by molar-refractivity contribution is 0.180. The van der Waals surface area contributed by atoms with E-state index in [4.69, 9.17) is 10.5 Å². The summed E-state index contributed by atoms with van der Waals surface area (Å²) < 4.78 is 7.14. The largest absolute Gasteiger partial charge is 0.381 e. The fourth-order valence-corrected chi connectivity index (χ4v) is 1.64. The smallest absolute Gasteiger partial charge is 0.149 e. The molecule has 0 spiro atoms. The van der Waals surface area contributed by atoms with Gasteiger partial charge >= 0.3 is 0 Å². The molecule has 5 nitrogen and oxygen atoms in total. The predicted molar refractivity (Wildman–Crippen MR) is 46.9 cm³/mol. The van der Waals surface area contributed by atoms with Crippen molar-refractivity contribution >= 4 is 0 Å². The van der Waals surface area contributed by atoms with Crippen LogP contribution in [0.3, 0.4) is 0 Å². The van der Waals surface area contributed by atoms with Crippen LogP contribution in [0.25, 0.3) is 0 Å². The zero-order chi connectivity index (χ0) is 9.26. The molecule has 2 atom stereocenters. The number of hydrogen-bond acceptors (Lipinski definition) is 4. The third-order valence-corrected chi connectivity index (χ3v) is 2.52. The molecule has 1 saturated heterocycles. The first-order valence-corrected chi connectivity index (χ1v) is 4.46. The Morgan fingerprint density at radius 2 is 2.62 bits per heavy atom. The first-order chi connectivity index (χ1) is 6.29. The Labute approximate surface area is 76.9 Å². The van der Waals surface area contributed by atoms with E-state index in [9.17, 15) is 0 Å². The van der Waals surface area contributed by atoms with Crippen molar-refractivity contribution in [2.45, 2.75) is 12.5 Å². The summed E-state index contributed by atoms with van der Waals surface area (Å²) in [5, 5.41) is 7.80. The second-order valence-corrected chi connectivity index (χ2v) is 3.45. The molecule has 1 aliphatic rings. The molecular weight excluding hydrogens is 168 g/mol. The minimum absolute atomic E-state index is 0.0463. The van der Waals surface area contributed by atoms with Crippen LogP contribution in [0.4, 0.5) is 0 Å². The van der Waals surface area contributed by atoms with Crippen molar-refractivity contribution in [2.24, 2.45) is 18.7 Å². The summed E-state index contributed by atoms with van der Waals surface area (Å²) in [7, 11) is 1.91. The van der Waals surface area contributed by atoms with Crippen molar-refractivity contribution in [2.75, 3.05) is 13.2 Å². The molecule has 1 aromatic rings. The maximum Gasteiger partial charge on any atom is 0.149 e. The summed E-state index contributed by atoms with van der Waals surface area (Å²) in [6.07, 6.45) is 2.69. The quantitative estimate of drug-likeness (QED) is 0.690. The molecule has 2 unspecified atom stereocenters. The van der Waals surface area contributed by atoms with Gasteiger partial charge in [-0.25, -0.2) is 0 Å². The van der Waals surface area contributed by atoms with Crippen molar-refractivity contribution in [3.63, 3.8) is 0 Å². The molecular formula is C8H14N4O. The van der Waals surface area contributed by atoms with E-state index in [1.165, 1.54) is 0 Å². The Morgan fingerprint density at radius 3 is 3.15 bits per heavy atom. The summed E-state index contributed by atoms with van der Waals surface area (Å²) in [4.78, 5) is 0. The van der Waals surface area contributed by atoms with Crippen LogP contribution in [0.15, 0.2) is 6.33 Å². The van der Waals surface area contributed by atoms with Gasteiger partial charge in [-0.05, 0) is 6.42 Å². The maximum atomic E-state index is 6.04. The molecule has 5 heteroatoms. The van der Waals surface area contributed by atoms with Crippen LogP contribution in [0.2, 0.25) is 0 Å². The molecule has 0 amide bonds. The van der Waals surface area contributed by atoms with E-state index < -0.39 is 0 Å². The lowest BCUT2D eigenvalue weighted by atomic mass is 9.99. The first kappa shape index (κ1) is 8.65. The highest BCUT2D eigenvalue weighted by atomic mass is 16.5. The zero-order valence-corrected chi connectivity index (χ0v) is 7.68. The molecule has 0 saturated carbocycles. The second kappa shape index (κ2) is 3.43. The van der Waals surface area contributed by atoms with Gasteiger partial charge in [0.2, 0.25) is 0 Å². The van der Waals surface area contributed by atoms with Crippen molar-refractivity contribution in [3.05, 3.63) is 12.2 Å². The van der Waals surface area contributed by atoms with E-state index in [0.717, 1.165) is 25.5 Å². The Balaban J connectivity index is 2.12. The lowest BCUT2D eigenvalue weighted by Gasteiger charge is -2.15. The highest BCUT2D eigenvalue weighted by Crippen LogP contribution is 2.24. The Hall–Kier alpha value is -0.940. The van der Waals surface area contributed by atoms with E-state index in [1.807, 2.05) is 11.6 Å². The minimum atomic E-state index is -0.0463. The van der Waals surface area contributed by atoms with Gasteiger partial charge in [0, 0.05) is 19.6 Å². The number of aromatic nitrogens is 3. The zero-order valence-electron chi connectivity index (χ0n) is 7.68. The summed E-state index contributed by atoms with van der Waals surface area (Å²) in [5.41, 5.74) is 6.04. The van der Waals surface area contributed by atoms with E-state index in [0.29, 0.717) is 5.92 Å². The highest BCUT2D eigenvalue weighted by molar-refractivity contribution is 4.96. The summed E-state index contributed by atoms with van der Waals surface area (Å²) >= 11 is 0. The lowest BCUT2D eigenvalue weighted by Crippen LogP contribution is -2.24. The van der Waals surface area contributed by atoms with Crippen LogP contribution in [0.1, 0.15) is 18.3 Å². The fraction of sp³-hybridized carbons (Fsp3) is 0.750. The molecule has 0 aromatic carbocycles. The molecule has 2 N–H and O–H groups in total. The standard InChI is InChI=1S/C8H14N4O/c1-12-5-10-11-8(12)7(9)6-2-3-13-4-6/h5-7H,2-4,9H2,1H3. The van der Waals surface area contributed by atoms with Gasteiger partial charge in [0.15, 0.2) is 0 Å². The van der Waals surface area contributed by atoms with Crippen LogP contribution in [-0.4, -0.2) is 28.0 Å². The van der Waals surface area contributed by atoms with Crippen molar-refractivity contribution in [3.8, 4) is 0 Å². The van der Waals surface area contributed by atoms with Gasteiger partial charge in [-0.3, -0.25) is 0 Å². The number of ether oxygens (including phenoxy) is 1. The molecule has 2 rings (SSSR count). The second-order valence-electron chi connectivity index (χ2n) is 3.45. The number of nitrogens with zero attached hydrogens (tertiary/aromatic N) is 3. The van der Waals surface area contributed by atoms with Gasteiger partial charge in [-0.2, -0.15) is 0 Å². The third kappa shape index (κ3) is 1.57.